The molecule has 1 saturated heterocycles. The Labute approximate surface area is 116 Å². The molecule has 3 nitrogen and oxygen atoms in total. The van der Waals surface area contributed by atoms with E-state index in [1.165, 1.54) is 0 Å². The molecule has 1 aliphatic heterocycles. The fraction of sp³-hybridized carbons (Fsp3) is 0.500. The van der Waals surface area contributed by atoms with Crippen molar-refractivity contribution in [3.63, 3.8) is 0 Å². The van der Waals surface area contributed by atoms with E-state index in [4.69, 9.17) is 5.11 Å². The number of rotatable bonds is 2. The van der Waals surface area contributed by atoms with Crippen LogP contribution >= 0.6 is 15.9 Å². The van der Waals surface area contributed by atoms with E-state index >= 15 is 0 Å². The van der Waals surface area contributed by atoms with Crippen LogP contribution in [0.3, 0.4) is 0 Å². The third kappa shape index (κ3) is 2.93. The normalized spacial score (nSPS) is 16.9. The summed E-state index contributed by atoms with van der Waals surface area (Å²) in [5, 5.41) is 9.10. The predicted molar refractivity (Wildman–Crippen MR) is 74.6 cm³/mol. The number of hydrogen-bond donors (Lipinski definition) is 1. The molecule has 0 saturated carbocycles. The van der Waals surface area contributed by atoms with Crippen molar-refractivity contribution in [2.45, 2.75) is 19.8 Å². The van der Waals surface area contributed by atoms with Gasteiger partial charge >= 0.3 is 0 Å². The molecule has 0 unspecified atom stereocenters. The molecule has 4 heteroatoms. The van der Waals surface area contributed by atoms with Crippen LogP contribution in [0, 0.1) is 12.8 Å². The summed E-state index contributed by atoms with van der Waals surface area (Å²) in [5.41, 5.74) is 1.78. The highest BCUT2D eigenvalue weighted by Gasteiger charge is 2.23. The number of piperidine rings is 1. The van der Waals surface area contributed by atoms with Crippen molar-refractivity contribution in [2.24, 2.45) is 5.92 Å². The summed E-state index contributed by atoms with van der Waals surface area (Å²) < 4.78 is 0.996. The molecule has 1 N–H and O–H groups in total. The van der Waals surface area contributed by atoms with Crippen LogP contribution in [0.1, 0.15) is 28.8 Å². The highest BCUT2D eigenvalue weighted by atomic mass is 79.9. The first-order valence-electron chi connectivity index (χ1n) is 6.28. The van der Waals surface area contributed by atoms with Gasteiger partial charge in [0.1, 0.15) is 0 Å². The molecule has 1 aromatic carbocycles. The maximum absolute atomic E-state index is 12.4. The number of halogens is 1. The van der Waals surface area contributed by atoms with Crippen LogP contribution in [-0.2, 0) is 0 Å². The van der Waals surface area contributed by atoms with Gasteiger partial charge in [-0.3, -0.25) is 4.79 Å². The predicted octanol–water partition coefficient (Wildman–Crippen LogP) is 2.60. The fourth-order valence-corrected chi connectivity index (χ4v) is 2.83. The van der Waals surface area contributed by atoms with Gasteiger partial charge in [0, 0.05) is 29.7 Å². The van der Waals surface area contributed by atoms with Gasteiger partial charge in [-0.05, 0) is 49.4 Å². The molecular formula is C14H18BrNO2. The number of carbonyl (C=O) groups excluding carboxylic acids is 1. The first-order chi connectivity index (χ1) is 8.61. The number of carbonyl (C=O) groups is 1. The lowest BCUT2D eigenvalue weighted by atomic mass is 9.97. The second-order valence-corrected chi connectivity index (χ2v) is 5.79. The number of hydrogen-bond acceptors (Lipinski definition) is 2. The standard InChI is InChI=1S/C14H18BrNO2/c1-10-8-12(15)2-3-13(10)14(18)16-6-4-11(9-17)5-7-16/h2-3,8,11,17H,4-7,9H2,1H3. The summed E-state index contributed by atoms with van der Waals surface area (Å²) in [6.07, 6.45) is 1.80. The average Bonchev–Trinajstić information content (AvgIpc) is 2.38. The van der Waals surface area contributed by atoms with E-state index in [0.29, 0.717) is 5.92 Å². The molecule has 1 heterocycles. The molecule has 0 radical (unpaired) electrons. The minimum Gasteiger partial charge on any atom is -0.396 e. The highest BCUT2D eigenvalue weighted by molar-refractivity contribution is 9.10. The van der Waals surface area contributed by atoms with E-state index < -0.39 is 0 Å². The number of benzene rings is 1. The zero-order valence-corrected chi connectivity index (χ0v) is 12.1. The number of aliphatic hydroxyl groups excluding tert-OH is 1. The number of nitrogens with zero attached hydrogens (tertiary/aromatic N) is 1. The van der Waals surface area contributed by atoms with E-state index in [2.05, 4.69) is 15.9 Å². The van der Waals surface area contributed by atoms with E-state index in [0.717, 1.165) is 41.5 Å². The van der Waals surface area contributed by atoms with Crippen LogP contribution in [0.15, 0.2) is 22.7 Å². The molecule has 0 bridgehead atoms. The Kier molecular flexibility index (Phi) is 4.40. The largest absolute Gasteiger partial charge is 0.396 e. The molecule has 1 fully saturated rings. The van der Waals surface area contributed by atoms with Crippen molar-refractivity contribution in [3.8, 4) is 0 Å². The van der Waals surface area contributed by atoms with Crippen molar-refractivity contribution in [2.75, 3.05) is 19.7 Å². The van der Waals surface area contributed by atoms with E-state index in [1.807, 2.05) is 30.0 Å². The van der Waals surface area contributed by atoms with Gasteiger partial charge in [-0.1, -0.05) is 15.9 Å². The van der Waals surface area contributed by atoms with E-state index in [9.17, 15) is 4.79 Å². The summed E-state index contributed by atoms with van der Waals surface area (Å²) in [6.45, 7) is 3.69. The van der Waals surface area contributed by atoms with Gasteiger partial charge in [0.15, 0.2) is 0 Å². The summed E-state index contributed by atoms with van der Waals surface area (Å²) in [6, 6.07) is 5.74. The van der Waals surface area contributed by atoms with Gasteiger partial charge in [0.25, 0.3) is 5.91 Å². The van der Waals surface area contributed by atoms with Crippen LogP contribution in [0.4, 0.5) is 0 Å². The minimum atomic E-state index is 0.108. The second kappa shape index (κ2) is 5.85. The zero-order valence-electron chi connectivity index (χ0n) is 10.5. The van der Waals surface area contributed by atoms with E-state index in [1.54, 1.807) is 0 Å². The van der Waals surface area contributed by atoms with Gasteiger partial charge in [-0.25, -0.2) is 0 Å². The molecule has 1 amide bonds. The molecule has 0 atom stereocenters. The smallest absolute Gasteiger partial charge is 0.254 e. The molecule has 0 aromatic heterocycles. The Morgan fingerprint density at radius 3 is 2.67 bits per heavy atom. The van der Waals surface area contributed by atoms with Crippen molar-refractivity contribution in [1.29, 1.82) is 0 Å². The lowest BCUT2D eigenvalue weighted by Crippen LogP contribution is -2.39. The fourth-order valence-electron chi connectivity index (χ4n) is 2.36. The first-order valence-corrected chi connectivity index (χ1v) is 7.07. The molecule has 1 aromatic rings. The Bertz CT molecular complexity index is 439. The van der Waals surface area contributed by atoms with Crippen molar-refractivity contribution in [3.05, 3.63) is 33.8 Å². The summed E-state index contributed by atoms with van der Waals surface area (Å²) in [7, 11) is 0. The number of amides is 1. The van der Waals surface area contributed by atoms with Gasteiger partial charge in [-0.15, -0.1) is 0 Å². The Morgan fingerprint density at radius 1 is 1.44 bits per heavy atom. The SMILES string of the molecule is Cc1cc(Br)ccc1C(=O)N1CCC(CO)CC1. The zero-order chi connectivity index (χ0) is 13.1. The van der Waals surface area contributed by atoms with Crippen LogP contribution in [0.25, 0.3) is 0 Å². The van der Waals surface area contributed by atoms with Gasteiger partial charge in [0.2, 0.25) is 0 Å². The van der Waals surface area contributed by atoms with E-state index in [-0.39, 0.29) is 12.5 Å². The number of likely N-dealkylation sites (tertiary alicyclic amines) is 1. The average molecular weight is 312 g/mol. The van der Waals surface area contributed by atoms with Gasteiger partial charge in [0.05, 0.1) is 0 Å². The number of aliphatic hydroxyl groups is 1. The topological polar surface area (TPSA) is 40.5 Å². The Hall–Kier alpha value is -0.870. The summed E-state index contributed by atoms with van der Waals surface area (Å²) in [4.78, 5) is 14.3. The monoisotopic (exact) mass is 311 g/mol. The summed E-state index contributed by atoms with van der Waals surface area (Å²) in [5.74, 6) is 0.469. The maximum atomic E-state index is 12.4. The maximum Gasteiger partial charge on any atom is 0.254 e. The third-order valence-electron chi connectivity index (χ3n) is 3.58. The van der Waals surface area contributed by atoms with Crippen LogP contribution in [0.5, 0.6) is 0 Å². The second-order valence-electron chi connectivity index (χ2n) is 4.88. The van der Waals surface area contributed by atoms with Crippen LogP contribution in [-0.4, -0.2) is 35.6 Å². The Balaban J connectivity index is 2.08. The van der Waals surface area contributed by atoms with Crippen LogP contribution < -0.4 is 0 Å². The molecule has 1 aliphatic rings. The quantitative estimate of drug-likeness (QED) is 0.912. The van der Waals surface area contributed by atoms with Crippen molar-refractivity contribution >= 4 is 21.8 Å². The molecule has 0 spiro atoms. The van der Waals surface area contributed by atoms with Crippen molar-refractivity contribution in [1.82, 2.24) is 4.90 Å². The minimum absolute atomic E-state index is 0.108. The molecular weight excluding hydrogens is 294 g/mol. The molecule has 2 rings (SSSR count). The lowest BCUT2D eigenvalue weighted by molar-refractivity contribution is 0.0650. The lowest BCUT2D eigenvalue weighted by Gasteiger charge is -2.31. The molecule has 0 aliphatic carbocycles. The van der Waals surface area contributed by atoms with Crippen molar-refractivity contribution < 1.29 is 9.90 Å². The summed E-state index contributed by atoms with van der Waals surface area (Å²) >= 11 is 3.41. The van der Waals surface area contributed by atoms with Gasteiger partial charge in [-0.2, -0.15) is 0 Å². The van der Waals surface area contributed by atoms with Gasteiger partial charge < -0.3 is 10.0 Å². The third-order valence-corrected chi connectivity index (χ3v) is 4.07. The molecule has 18 heavy (non-hydrogen) atoms. The van der Waals surface area contributed by atoms with Crippen LogP contribution in [0.2, 0.25) is 0 Å². The highest BCUT2D eigenvalue weighted by Crippen LogP contribution is 2.21. The Morgan fingerprint density at radius 2 is 2.11 bits per heavy atom. The molecule has 98 valence electrons. The number of aryl methyl sites for hydroxylation is 1. The first kappa shape index (κ1) is 13.6.